The summed E-state index contributed by atoms with van der Waals surface area (Å²) in [7, 11) is 0. The first-order chi connectivity index (χ1) is 8.06. The number of ether oxygens (including phenoxy) is 1. The van der Waals surface area contributed by atoms with Gasteiger partial charge in [0, 0.05) is 11.0 Å². The third-order valence-corrected chi connectivity index (χ3v) is 3.59. The van der Waals surface area contributed by atoms with Gasteiger partial charge in [0.15, 0.2) is 0 Å². The summed E-state index contributed by atoms with van der Waals surface area (Å²) in [6.07, 6.45) is 1.59. The molecule has 1 fully saturated rings. The number of hydrogen-bond donors (Lipinski definition) is 1. The van der Waals surface area contributed by atoms with Crippen LogP contribution in [0.25, 0.3) is 0 Å². The lowest BCUT2D eigenvalue weighted by atomic mass is 10.2. The fourth-order valence-electron chi connectivity index (χ4n) is 1.28. The molecule has 6 heteroatoms. The molecular weight excluding hydrogens is 329 g/mol. The lowest BCUT2D eigenvalue weighted by Gasteiger charge is -2.09. The number of benzene rings is 1. The van der Waals surface area contributed by atoms with Crippen molar-refractivity contribution >= 4 is 45.2 Å². The summed E-state index contributed by atoms with van der Waals surface area (Å²) >= 11 is 15.3. The molecule has 1 aliphatic carbocycles. The van der Waals surface area contributed by atoms with E-state index in [2.05, 4.69) is 21.2 Å². The van der Waals surface area contributed by atoms with Gasteiger partial charge in [-0.3, -0.25) is 0 Å². The van der Waals surface area contributed by atoms with Crippen LogP contribution in [-0.2, 0) is 11.3 Å². The lowest BCUT2D eigenvalue weighted by Crippen LogP contribution is -2.24. The summed E-state index contributed by atoms with van der Waals surface area (Å²) in [5.41, 5.74) is 0.749. The van der Waals surface area contributed by atoms with E-state index in [-0.39, 0.29) is 6.10 Å². The lowest BCUT2D eigenvalue weighted by molar-refractivity contribution is 0.138. The second kappa shape index (κ2) is 5.46. The van der Waals surface area contributed by atoms with Gasteiger partial charge in [-0.2, -0.15) is 0 Å². The van der Waals surface area contributed by atoms with E-state index < -0.39 is 6.09 Å². The minimum absolute atomic E-state index is 0.0940. The molecule has 0 atom stereocenters. The van der Waals surface area contributed by atoms with Crippen LogP contribution in [0.1, 0.15) is 18.4 Å². The van der Waals surface area contributed by atoms with Crippen LogP contribution in [0.3, 0.4) is 0 Å². The zero-order valence-corrected chi connectivity index (χ0v) is 11.9. The molecule has 17 heavy (non-hydrogen) atoms. The third-order valence-electron chi connectivity index (χ3n) is 2.29. The standard InChI is InChI=1S/C11H10BrCl2NO2/c12-7-3-6(10(14)9(13)4-7)5-15-11(16)17-8-1-2-8/h3-4,8H,1-2,5H2,(H,15,16). The second-order valence-corrected chi connectivity index (χ2v) is 5.52. The number of hydrogen-bond acceptors (Lipinski definition) is 2. The normalized spacial score (nSPS) is 14.5. The Bertz CT molecular complexity index is 449. The van der Waals surface area contributed by atoms with Gasteiger partial charge in [-0.25, -0.2) is 4.79 Å². The molecule has 0 aromatic heterocycles. The Hall–Kier alpha value is -0.450. The molecule has 1 aromatic carbocycles. The van der Waals surface area contributed by atoms with Gasteiger partial charge < -0.3 is 10.1 Å². The largest absolute Gasteiger partial charge is 0.446 e. The predicted octanol–water partition coefficient (Wildman–Crippen LogP) is 4.14. The summed E-state index contributed by atoms with van der Waals surface area (Å²) in [5.74, 6) is 0. The summed E-state index contributed by atoms with van der Waals surface area (Å²) in [5, 5.41) is 3.54. The van der Waals surface area contributed by atoms with Crippen molar-refractivity contribution in [1.29, 1.82) is 0 Å². The highest BCUT2D eigenvalue weighted by Crippen LogP contribution is 2.30. The van der Waals surface area contributed by atoms with Crippen molar-refractivity contribution in [3.05, 3.63) is 32.2 Å². The quantitative estimate of drug-likeness (QED) is 0.841. The Morgan fingerprint density at radius 2 is 2.18 bits per heavy atom. The molecule has 0 spiro atoms. The van der Waals surface area contributed by atoms with Crippen LogP contribution in [0.2, 0.25) is 10.0 Å². The van der Waals surface area contributed by atoms with E-state index in [9.17, 15) is 4.79 Å². The first-order valence-electron chi connectivity index (χ1n) is 5.14. The summed E-state index contributed by atoms with van der Waals surface area (Å²) in [6.45, 7) is 0.295. The number of rotatable bonds is 3. The molecule has 1 aromatic rings. The van der Waals surface area contributed by atoms with Gasteiger partial charge >= 0.3 is 6.09 Å². The van der Waals surface area contributed by atoms with Crippen molar-refractivity contribution in [3.63, 3.8) is 0 Å². The van der Waals surface area contributed by atoms with Crippen LogP contribution < -0.4 is 5.32 Å². The van der Waals surface area contributed by atoms with Crippen molar-refractivity contribution in [3.8, 4) is 0 Å². The zero-order chi connectivity index (χ0) is 12.4. The average Bonchev–Trinajstić information content (AvgIpc) is 3.05. The van der Waals surface area contributed by atoms with Crippen LogP contribution in [0.4, 0.5) is 4.79 Å². The number of halogens is 3. The molecule has 1 amide bonds. The highest BCUT2D eigenvalue weighted by Gasteiger charge is 2.25. The van der Waals surface area contributed by atoms with Gasteiger partial charge in [-0.05, 0) is 30.5 Å². The Balaban J connectivity index is 1.95. The van der Waals surface area contributed by atoms with Gasteiger partial charge in [-0.1, -0.05) is 39.1 Å². The number of carbonyl (C=O) groups is 1. The number of amides is 1. The van der Waals surface area contributed by atoms with Crippen molar-refractivity contribution in [2.75, 3.05) is 0 Å². The maximum Gasteiger partial charge on any atom is 0.407 e. The highest BCUT2D eigenvalue weighted by atomic mass is 79.9. The van der Waals surface area contributed by atoms with Crippen LogP contribution in [0.15, 0.2) is 16.6 Å². The van der Waals surface area contributed by atoms with Crippen molar-refractivity contribution < 1.29 is 9.53 Å². The van der Waals surface area contributed by atoms with Crippen LogP contribution in [0.5, 0.6) is 0 Å². The van der Waals surface area contributed by atoms with Gasteiger partial charge in [0.25, 0.3) is 0 Å². The fourth-order valence-corrected chi connectivity index (χ4v) is 2.34. The van der Waals surface area contributed by atoms with E-state index >= 15 is 0 Å². The SMILES string of the molecule is O=C(NCc1cc(Br)cc(Cl)c1Cl)OC1CC1. The molecule has 0 aliphatic heterocycles. The molecule has 0 saturated heterocycles. The van der Waals surface area contributed by atoms with Gasteiger partial charge in [0.05, 0.1) is 10.0 Å². The molecule has 1 N–H and O–H groups in total. The Kier molecular flexibility index (Phi) is 4.17. The smallest absolute Gasteiger partial charge is 0.407 e. The summed E-state index contributed by atoms with van der Waals surface area (Å²) in [4.78, 5) is 11.3. The van der Waals surface area contributed by atoms with Crippen LogP contribution in [-0.4, -0.2) is 12.2 Å². The van der Waals surface area contributed by atoms with Gasteiger partial charge in [0.1, 0.15) is 6.10 Å². The molecule has 0 bridgehead atoms. The number of nitrogens with one attached hydrogen (secondary N) is 1. The number of alkyl carbamates (subject to hydrolysis) is 1. The Morgan fingerprint density at radius 1 is 1.47 bits per heavy atom. The van der Waals surface area contributed by atoms with E-state index in [0.29, 0.717) is 16.6 Å². The molecule has 92 valence electrons. The minimum Gasteiger partial charge on any atom is -0.446 e. The second-order valence-electron chi connectivity index (χ2n) is 3.82. The van der Waals surface area contributed by atoms with E-state index in [1.807, 2.05) is 6.07 Å². The summed E-state index contributed by atoms with van der Waals surface area (Å²) in [6, 6.07) is 3.52. The molecular formula is C11H10BrCl2NO2. The first-order valence-corrected chi connectivity index (χ1v) is 6.69. The van der Waals surface area contributed by atoms with E-state index in [0.717, 1.165) is 22.9 Å². The molecule has 1 aliphatic rings. The number of carbonyl (C=O) groups excluding carboxylic acids is 1. The zero-order valence-electron chi connectivity index (χ0n) is 8.80. The van der Waals surface area contributed by atoms with E-state index in [1.165, 1.54) is 0 Å². The van der Waals surface area contributed by atoms with Crippen molar-refractivity contribution in [2.24, 2.45) is 0 Å². The molecule has 2 rings (SSSR count). The van der Waals surface area contributed by atoms with Crippen LogP contribution >= 0.6 is 39.1 Å². The minimum atomic E-state index is -0.417. The van der Waals surface area contributed by atoms with Crippen molar-refractivity contribution in [2.45, 2.75) is 25.5 Å². The Labute approximate surface area is 118 Å². The van der Waals surface area contributed by atoms with Gasteiger partial charge in [-0.15, -0.1) is 0 Å². The monoisotopic (exact) mass is 337 g/mol. The summed E-state index contributed by atoms with van der Waals surface area (Å²) < 4.78 is 5.86. The molecule has 3 nitrogen and oxygen atoms in total. The predicted molar refractivity (Wildman–Crippen MR) is 70.5 cm³/mol. The van der Waals surface area contributed by atoms with E-state index in [1.54, 1.807) is 6.07 Å². The average molecular weight is 339 g/mol. The van der Waals surface area contributed by atoms with Gasteiger partial charge in [0.2, 0.25) is 0 Å². The molecule has 0 radical (unpaired) electrons. The topological polar surface area (TPSA) is 38.3 Å². The van der Waals surface area contributed by atoms with Crippen LogP contribution in [0, 0.1) is 0 Å². The first kappa shape index (κ1) is 13.0. The van der Waals surface area contributed by atoms with E-state index in [4.69, 9.17) is 27.9 Å². The highest BCUT2D eigenvalue weighted by molar-refractivity contribution is 9.10. The van der Waals surface area contributed by atoms with Crippen molar-refractivity contribution in [1.82, 2.24) is 5.32 Å². The molecule has 0 unspecified atom stereocenters. The third kappa shape index (κ3) is 3.76. The fraction of sp³-hybridized carbons (Fsp3) is 0.364. The maximum atomic E-state index is 11.3. The molecule has 0 heterocycles. The maximum absolute atomic E-state index is 11.3. The Morgan fingerprint density at radius 3 is 2.82 bits per heavy atom. The molecule has 1 saturated carbocycles.